The second-order valence-corrected chi connectivity index (χ2v) is 5.19. The lowest BCUT2D eigenvalue weighted by Gasteiger charge is -2.15. The molecule has 1 aromatic heterocycles. The SMILES string of the molecule is Cc1nnc([C@H]2CCN(Cc3cccc(C#N)c3)C2)o1. The van der Waals surface area contributed by atoms with Crippen LogP contribution in [0.1, 0.15) is 35.2 Å². The number of benzene rings is 1. The predicted molar refractivity (Wildman–Crippen MR) is 72.8 cm³/mol. The lowest BCUT2D eigenvalue weighted by Crippen LogP contribution is -2.19. The summed E-state index contributed by atoms with van der Waals surface area (Å²) in [5, 5.41) is 16.9. The molecule has 0 saturated carbocycles. The molecule has 0 radical (unpaired) electrons. The van der Waals surface area contributed by atoms with Crippen LogP contribution in [-0.4, -0.2) is 28.2 Å². The molecule has 5 heteroatoms. The summed E-state index contributed by atoms with van der Waals surface area (Å²) in [5.41, 5.74) is 1.89. The van der Waals surface area contributed by atoms with Crippen molar-refractivity contribution in [2.24, 2.45) is 0 Å². The molecule has 3 rings (SSSR count). The Hall–Kier alpha value is -2.19. The van der Waals surface area contributed by atoms with Crippen LogP contribution in [0.5, 0.6) is 0 Å². The maximum Gasteiger partial charge on any atom is 0.220 e. The third-order valence-corrected chi connectivity index (χ3v) is 3.63. The highest BCUT2D eigenvalue weighted by Gasteiger charge is 2.27. The van der Waals surface area contributed by atoms with Crippen LogP contribution in [0.15, 0.2) is 28.7 Å². The van der Waals surface area contributed by atoms with Crippen molar-refractivity contribution >= 4 is 0 Å². The molecule has 0 N–H and O–H groups in total. The van der Waals surface area contributed by atoms with Gasteiger partial charge in [0.25, 0.3) is 0 Å². The number of rotatable bonds is 3. The maximum absolute atomic E-state index is 8.92. The Morgan fingerprint density at radius 3 is 3.10 bits per heavy atom. The van der Waals surface area contributed by atoms with Crippen molar-refractivity contribution in [3.63, 3.8) is 0 Å². The zero-order valence-corrected chi connectivity index (χ0v) is 11.4. The molecule has 1 fully saturated rings. The van der Waals surface area contributed by atoms with E-state index in [1.54, 1.807) is 0 Å². The minimum Gasteiger partial charge on any atom is -0.425 e. The van der Waals surface area contributed by atoms with Crippen molar-refractivity contribution in [1.82, 2.24) is 15.1 Å². The average Bonchev–Trinajstić information content (AvgIpc) is 3.08. The molecule has 1 aromatic carbocycles. The van der Waals surface area contributed by atoms with E-state index in [0.717, 1.165) is 31.9 Å². The highest BCUT2D eigenvalue weighted by molar-refractivity contribution is 5.32. The van der Waals surface area contributed by atoms with Gasteiger partial charge in [0.1, 0.15) is 0 Å². The number of likely N-dealkylation sites (tertiary alicyclic amines) is 1. The summed E-state index contributed by atoms with van der Waals surface area (Å²) in [7, 11) is 0. The van der Waals surface area contributed by atoms with Crippen LogP contribution >= 0.6 is 0 Å². The molecule has 102 valence electrons. The van der Waals surface area contributed by atoms with Crippen LogP contribution in [-0.2, 0) is 6.54 Å². The molecule has 0 unspecified atom stereocenters. The van der Waals surface area contributed by atoms with Gasteiger partial charge in [-0.1, -0.05) is 12.1 Å². The Morgan fingerprint density at radius 2 is 2.35 bits per heavy atom. The molecule has 1 saturated heterocycles. The zero-order chi connectivity index (χ0) is 13.9. The predicted octanol–water partition coefficient (Wildman–Crippen LogP) is 2.24. The fourth-order valence-corrected chi connectivity index (χ4v) is 2.65. The van der Waals surface area contributed by atoms with Crippen LogP contribution in [0.4, 0.5) is 0 Å². The summed E-state index contributed by atoms with van der Waals surface area (Å²) in [5.74, 6) is 1.70. The van der Waals surface area contributed by atoms with Gasteiger partial charge in [-0.15, -0.1) is 10.2 Å². The van der Waals surface area contributed by atoms with Gasteiger partial charge in [-0.2, -0.15) is 5.26 Å². The molecule has 1 atom stereocenters. The van der Waals surface area contributed by atoms with Crippen LogP contribution in [0.25, 0.3) is 0 Å². The van der Waals surface area contributed by atoms with E-state index in [9.17, 15) is 0 Å². The highest BCUT2D eigenvalue weighted by Crippen LogP contribution is 2.27. The van der Waals surface area contributed by atoms with Crippen LogP contribution in [0.2, 0.25) is 0 Å². The summed E-state index contributed by atoms with van der Waals surface area (Å²) in [4.78, 5) is 2.36. The van der Waals surface area contributed by atoms with Crippen LogP contribution in [0.3, 0.4) is 0 Å². The Morgan fingerprint density at radius 1 is 1.45 bits per heavy atom. The first kappa shape index (κ1) is 12.8. The lowest BCUT2D eigenvalue weighted by molar-refractivity contribution is 0.319. The molecular formula is C15H16N4O. The first-order chi connectivity index (χ1) is 9.74. The molecule has 5 nitrogen and oxygen atoms in total. The number of hydrogen-bond donors (Lipinski definition) is 0. The molecule has 1 aliphatic heterocycles. The molecule has 20 heavy (non-hydrogen) atoms. The number of nitrogens with zero attached hydrogens (tertiary/aromatic N) is 4. The second kappa shape index (κ2) is 5.43. The Kier molecular flexibility index (Phi) is 3.48. The monoisotopic (exact) mass is 268 g/mol. The van der Waals surface area contributed by atoms with Crippen molar-refractivity contribution in [1.29, 1.82) is 5.26 Å². The third kappa shape index (κ3) is 2.70. The largest absolute Gasteiger partial charge is 0.425 e. The van der Waals surface area contributed by atoms with Crippen molar-refractivity contribution in [3.8, 4) is 6.07 Å². The molecule has 0 spiro atoms. The second-order valence-electron chi connectivity index (χ2n) is 5.19. The summed E-state index contributed by atoms with van der Waals surface area (Å²) in [6.45, 7) is 4.62. The molecule has 2 heterocycles. The van der Waals surface area contributed by atoms with E-state index < -0.39 is 0 Å². The quantitative estimate of drug-likeness (QED) is 0.854. The summed E-state index contributed by atoms with van der Waals surface area (Å²) in [6.07, 6.45) is 1.04. The van der Waals surface area contributed by atoms with E-state index in [2.05, 4.69) is 27.2 Å². The van der Waals surface area contributed by atoms with E-state index in [0.29, 0.717) is 17.4 Å². The number of hydrogen-bond acceptors (Lipinski definition) is 5. The van der Waals surface area contributed by atoms with Crippen molar-refractivity contribution in [2.75, 3.05) is 13.1 Å². The Bertz CT molecular complexity index is 643. The van der Waals surface area contributed by atoms with Gasteiger partial charge < -0.3 is 4.42 Å². The minimum absolute atomic E-state index is 0.329. The molecular weight excluding hydrogens is 252 g/mol. The summed E-state index contributed by atoms with van der Waals surface area (Å²) >= 11 is 0. The highest BCUT2D eigenvalue weighted by atomic mass is 16.4. The molecule has 2 aromatic rings. The summed E-state index contributed by atoms with van der Waals surface area (Å²) in [6, 6.07) is 9.95. The fraction of sp³-hybridized carbons (Fsp3) is 0.400. The van der Waals surface area contributed by atoms with E-state index in [4.69, 9.17) is 9.68 Å². The smallest absolute Gasteiger partial charge is 0.220 e. The fourth-order valence-electron chi connectivity index (χ4n) is 2.65. The van der Waals surface area contributed by atoms with E-state index in [1.165, 1.54) is 5.56 Å². The van der Waals surface area contributed by atoms with Crippen LogP contribution < -0.4 is 0 Å². The van der Waals surface area contributed by atoms with E-state index in [-0.39, 0.29) is 0 Å². The molecule has 0 amide bonds. The van der Waals surface area contributed by atoms with Gasteiger partial charge in [-0.25, -0.2) is 0 Å². The van der Waals surface area contributed by atoms with Gasteiger partial charge >= 0.3 is 0 Å². The average molecular weight is 268 g/mol. The van der Waals surface area contributed by atoms with Gasteiger partial charge in [0.2, 0.25) is 11.8 Å². The lowest BCUT2D eigenvalue weighted by atomic mass is 10.1. The third-order valence-electron chi connectivity index (χ3n) is 3.63. The zero-order valence-electron chi connectivity index (χ0n) is 11.4. The molecule has 0 aliphatic carbocycles. The first-order valence-electron chi connectivity index (χ1n) is 6.76. The minimum atomic E-state index is 0.329. The molecule has 1 aliphatic rings. The maximum atomic E-state index is 8.92. The van der Waals surface area contributed by atoms with Crippen molar-refractivity contribution < 1.29 is 4.42 Å². The summed E-state index contributed by atoms with van der Waals surface area (Å²) < 4.78 is 5.51. The molecule has 0 bridgehead atoms. The van der Waals surface area contributed by atoms with E-state index in [1.807, 2.05) is 25.1 Å². The van der Waals surface area contributed by atoms with Gasteiger partial charge in [-0.05, 0) is 30.7 Å². The normalized spacial score (nSPS) is 19.1. The topological polar surface area (TPSA) is 66.0 Å². The number of aryl methyl sites for hydroxylation is 1. The van der Waals surface area contributed by atoms with Crippen LogP contribution in [0, 0.1) is 18.3 Å². The van der Waals surface area contributed by atoms with Gasteiger partial charge in [0.15, 0.2) is 0 Å². The number of aromatic nitrogens is 2. The van der Waals surface area contributed by atoms with Crippen molar-refractivity contribution in [2.45, 2.75) is 25.8 Å². The number of nitriles is 1. The van der Waals surface area contributed by atoms with Crippen molar-refractivity contribution in [3.05, 3.63) is 47.2 Å². The first-order valence-corrected chi connectivity index (χ1v) is 6.76. The van der Waals surface area contributed by atoms with Gasteiger partial charge in [-0.3, -0.25) is 4.90 Å². The Labute approximate surface area is 117 Å². The van der Waals surface area contributed by atoms with Gasteiger partial charge in [0, 0.05) is 20.0 Å². The standard InChI is InChI=1S/C15H16N4O/c1-11-17-18-15(20-11)14-5-6-19(10-14)9-13-4-2-3-12(7-13)8-16/h2-4,7,14H,5-6,9-10H2,1H3/t14-/m0/s1. The van der Waals surface area contributed by atoms with Gasteiger partial charge in [0.05, 0.1) is 17.6 Å². The Balaban J connectivity index is 1.64. The van der Waals surface area contributed by atoms with E-state index >= 15 is 0 Å².